The zero-order valence-corrected chi connectivity index (χ0v) is 7.43. The van der Waals surface area contributed by atoms with Crippen LogP contribution in [0.3, 0.4) is 0 Å². The third-order valence-corrected chi connectivity index (χ3v) is 1.79. The SMILES string of the molecule is COc1cccc(CO)c1C(F)(F)F. The number of rotatable bonds is 2. The molecule has 0 fully saturated rings. The van der Waals surface area contributed by atoms with Crippen LogP contribution in [-0.2, 0) is 12.8 Å². The molecular formula is C9H9F3O2. The van der Waals surface area contributed by atoms with Gasteiger partial charge in [-0.25, -0.2) is 0 Å². The molecule has 0 bridgehead atoms. The lowest BCUT2D eigenvalue weighted by Crippen LogP contribution is -2.11. The van der Waals surface area contributed by atoms with Gasteiger partial charge in [0.15, 0.2) is 0 Å². The predicted octanol–water partition coefficient (Wildman–Crippen LogP) is 2.21. The predicted molar refractivity (Wildman–Crippen MR) is 43.9 cm³/mol. The second-order valence-corrected chi connectivity index (χ2v) is 2.65. The Balaban J connectivity index is 3.34. The van der Waals surface area contributed by atoms with Gasteiger partial charge in [0.25, 0.3) is 0 Å². The summed E-state index contributed by atoms with van der Waals surface area (Å²) < 4.78 is 42.1. The molecule has 0 unspecified atom stereocenters. The molecule has 14 heavy (non-hydrogen) atoms. The van der Waals surface area contributed by atoms with Crippen LogP contribution in [-0.4, -0.2) is 12.2 Å². The van der Waals surface area contributed by atoms with E-state index in [-0.39, 0.29) is 11.3 Å². The summed E-state index contributed by atoms with van der Waals surface area (Å²) in [5, 5.41) is 8.75. The lowest BCUT2D eigenvalue weighted by atomic mass is 10.1. The van der Waals surface area contributed by atoms with Gasteiger partial charge in [-0.3, -0.25) is 0 Å². The fourth-order valence-electron chi connectivity index (χ4n) is 1.20. The highest BCUT2D eigenvalue weighted by molar-refractivity contribution is 5.42. The zero-order chi connectivity index (χ0) is 10.8. The molecule has 0 aliphatic carbocycles. The number of benzene rings is 1. The van der Waals surface area contributed by atoms with Crippen molar-refractivity contribution in [3.05, 3.63) is 29.3 Å². The van der Waals surface area contributed by atoms with Crippen molar-refractivity contribution in [2.24, 2.45) is 0 Å². The molecule has 1 aromatic carbocycles. The first-order valence-corrected chi connectivity index (χ1v) is 3.84. The third kappa shape index (κ3) is 1.98. The van der Waals surface area contributed by atoms with Crippen LogP contribution in [0.25, 0.3) is 0 Å². The van der Waals surface area contributed by atoms with Crippen molar-refractivity contribution < 1.29 is 23.0 Å². The standard InChI is InChI=1S/C9H9F3O2/c1-14-7-4-2-3-6(5-13)8(7)9(10,11)12/h2-4,13H,5H2,1H3. The Morgan fingerprint density at radius 1 is 1.36 bits per heavy atom. The lowest BCUT2D eigenvalue weighted by Gasteiger charge is -2.14. The van der Waals surface area contributed by atoms with Crippen molar-refractivity contribution >= 4 is 0 Å². The zero-order valence-electron chi connectivity index (χ0n) is 7.43. The molecule has 0 aromatic heterocycles. The van der Waals surface area contributed by atoms with Crippen molar-refractivity contribution in [3.63, 3.8) is 0 Å². The Kier molecular flexibility index (Phi) is 3.00. The van der Waals surface area contributed by atoms with E-state index in [1.54, 1.807) is 0 Å². The van der Waals surface area contributed by atoms with E-state index in [4.69, 9.17) is 5.11 Å². The Morgan fingerprint density at radius 2 is 2.00 bits per heavy atom. The first-order valence-electron chi connectivity index (χ1n) is 3.84. The number of hydrogen-bond donors (Lipinski definition) is 1. The molecule has 5 heteroatoms. The molecule has 1 rings (SSSR count). The minimum absolute atomic E-state index is 0.183. The highest BCUT2D eigenvalue weighted by Crippen LogP contribution is 2.38. The van der Waals surface area contributed by atoms with Gasteiger partial charge in [0.05, 0.1) is 13.7 Å². The molecule has 0 saturated carbocycles. The van der Waals surface area contributed by atoms with Crippen LogP contribution in [0.1, 0.15) is 11.1 Å². The van der Waals surface area contributed by atoms with E-state index in [1.807, 2.05) is 0 Å². The van der Waals surface area contributed by atoms with Gasteiger partial charge < -0.3 is 9.84 Å². The molecular weight excluding hydrogens is 197 g/mol. The van der Waals surface area contributed by atoms with Crippen molar-refractivity contribution in [1.82, 2.24) is 0 Å². The van der Waals surface area contributed by atoms with Gasteiger partial charge in [0.1, 0.15) is 11.3 Å². The first kappa shape index (κ1) is 10.8. The summed E-state index contributed by atoms with van der Waals surface area (Å²) in [7, 11) is 1.16. The average Bonchev–Trinajstić information content (AvgIpc) is 2.15. The first-order chi connectivity index (χ1) is 6.50. The largest absolute Gasteiger partial charge is 0.496 e. The van der Waals surface area contributed by atoms with E-state index in [0.29, 0.717) is 0 Å². The van der Waals surface area contributed by atoms with Crippen LogP contribution in [0.2, 0.25) is 0 Å². The minimum atomic E-state index is -4.51. The Bertz CT molecular complexity index is 298. The highest BCUT2D eigenvalue weighted by Gasteiger charge is 2.36. The van der Waals surface area contributed by atoms with Gasteiger partial charge in [0.2, 0.25) is 0 Å². The average molecular weight is 206 g/mol. The number of methoxy groups -OCH3 is 1. The summed E-state index contributed by atoms with van der Waals surface area (Å²) in [5.74, 6) is -0.274. The normalized spacial score (nSPS) is 11.5. The second-order valence-electron chi connectivity index (χ2n) is 2.65. The second kappa shape index (κ2) is 3.88. The summed E-state index contributed by atoms with van der Waals surface area (Å²) >= 11 is 0. The number of aliphatic hydroxyl groups excluding tert-OH is 1. The maximum atomic E-state index is 12.5. The van der Waals surface area contributed by atoms with E-state index in [0.717, 1.165) is 7.11 Å². The molecule has 78 valence electrons. The summed E-state index contributed by atoms with van der Waals surface area (Å²) in [6, 6.07) is 3.83. The molecule has 0 aliphatic heterocycles. The quantitative estimate of drug-likeness (QED) is 0.803. The van der Waals surface area contributed by atoms with E-state index in [1.165, 1.54) is 18.2 Å². The van der Waals surface area contributed by atoms with Crippen molar-refractivity contribution in [1.29, 1.82) is 0 Å². The summed E-state index contributed by atoms with van der Waals surface area (Å²) in [4.78, 5) is 0. The molecule has 0 spiro atoms. The summed E-state index contributed by atoms with van der Waals surface area (Å²) in [5.41, 5.74) is -1.10. The number of hydrogen-bond acceptors (Lipinski definition) is 2. The van der Waals surface area contributed by atoms with Crippen molar-refractivity contribution in [2.75, 3.05) is 7.11 Å². The number of aliphatic hydroxyl groups is 1. The highest BCUT2D eigenvalue weighted by atomic mass is 19.4. The van der Waals surface area contributed by atoms with Gasteiger partial charge in [-0.05, 0) is 11.6 Å². The fourth-order valence-corrected chi connectivity index (χ4v) is 1.20. The van der Waals surface area contributed by atoms with Crippen LogP contribution < -0.4 is 4.74 Å². The molecule has 0 atom stereocenters. The molecule has 1 aromatic rings. The molecule has 1 N–H and O–H groups in total. The maximum absolute atomic E-state index is 12.5. The number of ether oxygens (including phenoxy) is 1. The molecule has 2 nitrogen and oxygen atoms in total. The molecule has 0 aliphatic rings. The maximum Gasteiger partial charge on any atom is 0.420 e. The smallest absolute Gasteiger partial charge is 0.420 e. The van der Waals surface area contributed by atoms with Gasteiger partial charge in [0, 0.05) is 0 Å². The molecule has 0 saturated heterocycles. The Hall–Kier alpha value is -1.23. The molecule has 0 amide bonds. The topological polar surface area (TPSA) is 29.5 Å². The van der Waals surface area contributed by atoms with E-state index < -0.39 is 18.3 Å². The van der Waals surface area contributed by atoms with E-state index in [9.17, 15) is 13.2 Å². The molecule has 0 heterocycles. The summed E-state index contributed by atoms with van der Waals surface area (Å²) in [6.45, 7) is -0.661. The van der Waals surface area contributed by atoms with Gasteiger partial charge in [-0.1, -0.05) is 12.1 Å². The van der Waals surface area contributed by atoms with E-state index >= 15 is 0 Å². The number of alkyl halides is 3. The van der Waals surface area contributed by atoms with Crippen LogP contribution in [0.4, 0.5) is 13.2 Å². The monoisotopic (exact) mass is 206 g/mol. The van der Waals surface area contributed by atoms with Crippen LogP contribution in [0, 0.1) is 0 Å². The van der Waals surface area contributed by atoms with Gasteiger partial charge in [-0.15, -0.1) is 0 Å². The van der Waals surface area contributed by atoms with Crippen LogP contribution in [0.5, 0.6) is 5.75 Å². The van der Waals surface area contributed by atoms with Crippen LogP contribution in [0.15, 0.2) is 18.2 Å². The van der Waals surface area contributed by atoms with Crippen molar-refractivity contribution in [3.8, 4) is 5.75 Å². The number of halogens is 3. The van der Waals surface area contributed by atoms with Gasteiger partial charge in [-0.2, -0.15) is 13.2 Å². The summed E-state index contributed by atoms with van der Waals surface area (Å²) in [6.07, 6.45) is -4.51. The van der Waals surface area contributed by atoms with Crippen molar-refractivity contribution in [2.45, 2.75) is 12.8 Å². The Morgan fingerprint density at radius 3 is 2.43 bits per heavy atom. The Labute approximate surface area is 78.9 Å². The minimum Gasteiger partial charge on any atom is -0.496 e. The molecule has 0 radical (unpaired) electrons. The third-order valence-electron chi connectivity index (χ3n) is 1.79. The fraction of sp³-hybridized carbons (Fsp3) is 0.333. The van der Waals surface area contributed by atoms with Crippen LogP contribution >= 0.6 is 0 Å². The van der Waals surface area contributed by atoms with E-state index in [2.05, 4.69) is 4.74 Å². The van der Waals surface area contributed by atoms with Gasteiger partial charge >= 0.3 is 6.18 Å². The lowest BCUT2D eigenvalue weighted by molar-refractivity contribution is -0.139.